The van der Waals surface area contributed by atoms with Crippen molar-refractivity contribution in [3.05, 3.63) is 89.5 Å². The van der Waals surface area contributed by atoms with E-state index in [1.165, 1.54) is 31.2 Å². The van der Waals surface area contributed by atoms with Crippen molar-refractivity contribution in [2.24, 2.45) is 5.92 Å². The quantitative estimate of drug-likeness (QED) is 0.101. The minimum Gasteiger partial charge on any atom is -0.445 e. The number of benzene rings is 3. The molecule has 0 saturated heterocycles. The van der Waals surface area contributed by atoms with Gasteiger partial charge in [-0.25, -0.2) is 9.59 Å². The largest absolute Gasteiger partial charge is 0.516 e. The predicted octanol–water partition coefficient (Wildman–Crippen LogP) is 8.57. The Morgan fingerprint density at radius 1 is 0.842 bits per heavy atom. The second-order valence-electron chi connectivity index (χ2n) is 9.43. The van der Waals surface area contributed by atoms with Gasteiger partial charge in [0.15, 0.2) is 5.05 Å². The van der Waals surface area contributed by atoms with Gasteiger partial charge in [-0.3, -0.25) is 0 Å². The molecule has 1 atom stereocenters. The van der Waals surface area contributed by atoms with Crippen LogP contribution in [0.1, 0.15) is 74.4 Å². The second-order valence-corrected chi connectivity index (χ2v) is 9.81. The molecule has 0 spiro atoms. The third kappa shape index (κ3) is 8.80. The Morgan fingerprint density at radius 3 is 2.21 bits per heavy atom. The van der Waals surface area contributed by atoms with Crippen LogP contribution in [0.5, 0.6) is 5.75 Å². The maximum absolute atomic E-state index is 12.3. The van der Waals surface area contributed by atoms with Gasteiger partial charge in [0.05, 0.1) is 12.2 Å². The van der Waals surface area contributed by atoms with Gasteiger partial charge in [0, 0.05) is 11.1 Å². The molecular weight excluding hydrogens is 496 g/mol. The number of aryl methyl sites for hydroxylation is 1. The van der Waals surface area contributed by atoms with Crippen LogP contribution in [0.15, 0.2) is 72.8 Å². The summed E-state index contributed by atoms with van der Waals surface area (Å²) < 4.78 is 15.9. The van der Waals surface area contributed by atoms with Gasteiger partial charge >= 0.3 is 12.1 Å². The molecule has 0 aliphatic heterocycles. The highest BCUT2D eigenvalue weighted by Crippen LogP contribution is 2.31. The number of thiocarbonyl (C=S) groups is 1. The van der Waals surface area contributed by atoms with Crippen LogP contribution in [0.25, 0.3) is 11.1 Å². The maximum Gasteiger partial charge on any atom is 0.516 e. The normalized spacial score (nSPS) is 11.4. The van der Waals surface area contributed by atoms with Crippen LogP contribution in [-0.4, -0.2) is 23.8 Å². The Bertz CT molecular complexity index is 1200. The fourth-order valence-electron chi connectivity index (χ4n) is 3.79. The molecule has 0 saturated carbocycles. The number of rotatable bonds is 12. The first-order chi connectivity index (χ1) is 18.4. The number of ether oxygens (including phenoxy) is 3. The van der Waals surface area contributed by atoms with Gasteiger partial charge < -0.3 is 14.2 Å². The summed E-state index contributed by atoms with van der Waals surface area (Å²) in [6.07, 6.45) is 5.90. The number of carbonyl (C=O) groups is 2. The van der Waals surface area contributed by atoms with E-state index in [-0.39, 0.29) is 18.1 Å². The average Bonchev–Trinajstić information content (AvgIpc) is 2.94. The molecule has 0 aliphatic rings. The molecule has 0 N–H and O–H groups in total. The summed E-state index contributed by atoms with van der Waals surface area (Å²) in [7, 11) is 0. The van der Waals surface area contributed by atoms with Crippen LogP contribution >= 0.6 is 12.2 Å². The minimum atomic E-state index is -0.990. The molecule has 38 heavy (non-hydrogen) atoms. The summed E-state index contributed by atoms with van der Waals surface area (Å²) >= 11 is 5.59. The Labute approximate surface area is 231 Å². The van der Waals surface area contributed by atoms with E-state index < -0.39 is 12.1 Å². The fraction of sp³-hybridized carbons (Fsp3) is 0.344. The maximum atomic E-state index is 12.3. The van der Waals surface area contributed by atoms with Crippen LogP contribution in [-0.2, 0) is 15.9 Å². The van der Waals surface area contributed by atoms with Crippen molar-refractivity contribution in [1.82, 2.24) is 0 Å². The van der Waals surface area contributed by atoms with Crippen molar-refractivity contribution < 1.29 is 23.8 Å². The van der Waals surface area contributed by atoms with E-state index in [0.29, 0.717) is 10.8 Å². The third-order valence-electron chi connectivity index (χ3n) is 6.39. The zero-order chi connectivity index (χ0) is 27.3. The monoisotopic (exact) mass is 532 g/mol. The minimum absolute atomic E-state index is 0.201. The molecule has 0 amide bonds. The molecule has 0 unspecified atom stereocenters. The lowest BCUT2D eigenvalue weighted by Gasteiger charge is -2.13. The topological polar surface area (TPSA) is 61.8 Å². The van der Waals surface area contributed by atoms with E-state index in [2.05, 4.69) is 19.1 Å². The Hall–Kier alpha value is -3.51. The molecular formula is C32H36O5S. The van der Waals surface area contributed by atoms with Gasteiger partial charge in [0.2, 0.25) is 0 Å². The zero-order valence-electron chi connectivity index (χ0n) is 22.4. The molecule has 0 radical (unpaired) electrons. The SMILES string of the molecule is CCCCCCc1ccc(C(=S)Oc2ccccc2-c2ccc(C(=O)OC(=O)OC[C@@H](C)CC)cc2)cc1. The fourth-order valence-corrected chi connectivity index (χ4v) is 4.02. The number of unbranched alkanes of at least 4 members (excludes halogenated alkanes) is 3. The Kier molecular flexibility index (Phi) is 11.5. The van der Waals surface area contributed by atoms with Crippen molar-refractivity contribution in [1.29, 1.82) is 0 Å². The van der Waals surface area contributed by atoms with E-state index in [0.717, 1.165) is 29.5 Å². The van der Waals surface area contributed by atoms with Crippen LogP contribution in [0.4, 0.5) is 4.79 Å². The summed E-state index contributed by atoms with van der Waals surface area (Å²) in [5, 5.41) is 0.395. The number of hydrogen-bond acceptors (Lipinski definition) is 6. The first-order valence-corrected chi connectivity index (χ1v) is 13.7. The molecule has 200 valence electrons. The molecule has 0 aliphatic carbocycles. The van der Waals surface area contributed by atoms with Crippen molar-refractivity contribution in [3.8, 4) is 16.9 Å². The zero-order valence-corrected chi connectivity index (χ0v) is 23.2. The van der Waals surface area contributed by atoms with Gasteiger partial charge in [-0.15, -0.1) is 0 Å². The van der Waals surface area contributed by atoms with Gasteiger partial charge in [0.25, 0.3) is 0 Å². The number of carbonyl (C=O) groups excluding carboxylic acids is 2. The smallest absolute Gasteiger partial charge is 0.445 e. The van der Waals surface area contributed by atoms with Crippen molar-refractivity contribution in [3.63, 3.8) is 0 Å². The lowest BCUT2D eigenvalue weighted by Crippen LogP contribution is -2.17. The molecule has 0 aromatic heterocycles. The predicted molar refractivity (Wildman–Crippen MR) is 155 cm³/mol. The Balaban J connectivity index is 1.63. The molecule has 3 aromatic carbocycles. The van der Waals surface area contributed by atoms with E-state index in [4.69, 9.17) is 26.4 Å². The average molecular weight is 533 g/mol. The lowest BCUT2D eigenvalue weighted by atomic mass is 10.0. The van der Waals surface area contributed by atoms with Crippen LogP contribution in [0.3, 0.4) is 0 Å². The standard InChI is InChI=1S/C32H36O5S/c1-4-6-7-8-11-24-14-16-27(17-15-24)31(38)36-29-13-10-9-12-28(29)25-18-20-26(21-19-25)30(33)37-32(34)35-22-23(3)5-2/h9-10,12-21,23H,4-8,11,22H2,1-3H3/t23-/m0/s1. The van der Waals surface area contributed by atoms with E-state index in [1.54, 1.807) is 24.3 Å². The third-order valence-corrected chi connectivity index (χ3v) is 6.71. The highest BCUT2D eigenvalue weighted by atomic mass is 32.1. The number of esters is 1. The van der Waals surface area contributed by atoms with Gasteiger partial charge in [-0.2, -0.15) is 0 Å². The molecule has 3 rings (SSSR count). The summed E-state index contributed by atoms with van der Waals surface area (Å²) in [4.78, 5) is 24.1. The first-order valence-electron chi connectivity index (χ1n) is 13.3. The lowest BCUT2D eigenvalue weighted by molar-refractivity contribution is 0.0342. The van der Waals surface area contributed by atoms with Crippen LogP contribution < -0.4 is 4.74 Å². The second kappa shape index (κ2) is 15.0. The molecule has 6 heteroatoms. The van der Waals surface area contributed by atoms with E-state index in [1.807, 2.05) is 50.2 Å². The Morgan fingerprint density at radius 2 is 1.53 bits per heavy atom. The number of hydrogen-bond donors (Lipinski definition) is 0. The summed E-state index contributed by atoms with van der Waals surface area (Å²) in [6.45, 7) is 6.38. The number of para-hydroxylation sites is 1. The summed E-state index contributed by atoms with van der Waals surface area (Å²) in [6, 6.07) is 22.6. The first kappa shape index (κ1) is 29.1. The van der Waals surface area contributed by atoms with Gasteiger partial charge in [0.1, 0.15) is 5.75 Å². The summed E-state index contributed by atoms with van der Waals surface area (Å²) in [5.41, 5.74) is 4.07. The van der Waals surface area contributed by atoms with Crippen molar-refractivity contribution >= 4 is 29.4 Å². The molecule has 5 nitrogen and oxygen atoms in total. The van der Waals surface area contributed by atoms with E-state index in [9.17, 15) is 9.59 Å². The van der Waals surface area contributed by atoms with Crippen LogP contribution in [0, 0.1) is 5.92 Å². The summed E-state index contributed by atoms with van der Waals surface area (Å²) in [5.74, 6) is 0.0575. The van der Waals surface area contributed by atoms with Gasteiger partial charge in [-0.05, 0) is 60.3 Å². The van der Waals surface area contributed by atoms with Crippen molar-refractivity contribution in [2.75, 3.05) is 6.61 Å². The molecule has 0 heterocycles. The van der Waals surface area contributed by atoms with Gasteiger partial charge in [-0.1, -0.05) is 101 Å². The molecule has 3 aromatic rings. The van der Waals surface area contributed by atoms with Crippen molar-refractivity contribution in [2.45, 2.75) is 59.3 Å². The highest BCUT2D eigenvalue weighted by molar-refractivity contribution is 7.80. The highest BCUT2D eigenvalue weighted by Gasteiger charge is 2.16. The van der Waals surface area contributed by atoms with Crippen LogP contribution in [0.2, 0.25) is 0 Å². The molecule has 0 fully saturated rings. The van der Waals surface area contributed by atoms with E-state index >= 15 is 0 Å². The molecule has 0 bridgehead atoms.